The quantitative estimate of drug-likeness (QED) is 0.801. The van der Waals surface area contributed by atoms with Crippen LogP contribution in [-0.4, -0.2) is 36.9 Å². The van der Waals surface area contributed by atoms with Gasteiger partial charge in [0.05, 0.1) is 25.9 Å². The van der Waals surface area contributed by atoms with Crippen molar-refractivity contribution in [1.82, 2.24) is 5.32 Å². The zero-order valence-electron chi connectivity index (χ0n) is 14.8. The molecular formula is C21H25NO4. The maximum Gasteiger partial charge on any atom is 0.251 e. The summed E-state index contributed by atoms with van der Waals surface area (Å²) < 4.78 is 11.7. The molecule has 0 aliphatic carbocycles. The van der Waals surface area contributed by atoms with Gasteiger partial charge in [0.1, 0.15) is 5.75 Å². The maximum absolute atomic E-state index is 12.1. The average Bonchev–Trinajstić information content (AvgIpc) is 2.68. The Balaban J connectivity index is 1.32. The lowest BCUT2D eigenvalue weighted by Gasteiger charge is -2.29. The molecule has 2 atom stereocenters. The molecule has 1 saturated heterocycles. The molecule has 1 fully saturated rings. The number of carbonyl (C=O) groups excluding carboxylic acids is 1. The van der Waals surface area contributed by atoms with Crippen molar-refractivity contribution in [2.45, 2.75) is 25.6 Å². The van der Waals surface area contributed by atoms with Crippen molar-refractivity contribution >= 4 is 5.91 Å². The summed E-state index contributed by atoms with van der Waals surface area (Å²) in [4.78, 5) is 12.1. The molecule has 1 amide bonds. The predicted octanol–water partition coefficient (Wildman–Crippen LogP) is 3.13. The van der Waals surface area contributed by atoms with E-state index in [2.05, 4.69) is 17.4 Å². The molecule has 2 N–H and O–H groups in total. The Morgan fingerprint density at radius 2 is 1.88 bits per heavy atom. The van der Waals surface area contributed by atoms with E-state index in [1.807, 2.05) is 18.2 Å². The standard InChI is InChI=1S/C21H25NO4/c23-19-9-7-18(8-10-19)21(24)22-12-20-11-6-17(15-26-20)14-25-13-16-4-2-1-3-5-16/h1-5,7-10,17,20,23H,6,11-15H2,(H,22,24)/t17-,20-/m0/s1. The molecule has 0 aromatic heterocycles. The number of amides is 1. The van der Waals surface area contributed by atoms with E-state index < -0.39 is 0 Å². The first-order valence-corrected chi connectivity index (χ1v) is 9.01. The van der Waals surface area contributed by atoms with Gasteiger partial charge in [-0.2, -0.15) is 0 Å². The number of aromatic hydroxyl groups is 1. The Labute approximate surface area is 153 Å². The van der Waals surface area contributed by atoms with Crippen molar-refractivity contribution in [1.29, 1.82) is 0 Å². The van der Waals surface area contributed by atoms with E-state index in [0.29, 0.717) is 37.8 Å². The van der Waals surface area contributed by atoms with Crippen LogP contribution in [0.3, 0.4) is 0 Å². The Hall–Kier alpha value is -2.37. The average molecular weight is 355 g/mol. The Bertz CT molecular complexity index is 679. The van der Waals surface area contributed by atoms with E-state index in [-0.39, 0.29) is 17.8 Å². The molecule has 0 saturated carbocycles. The summed E-state index contributed by atoms with van der Waals surface area (Å²) in [5, 5.41) is 12.2. The van der Waals surface area contributed by atoms with Crippen LogP contribution in [0.1, 0.15) is 28.8 Å². The van der Waals surface area contributed by atoms with Crippen molar-refractivity contribution in [2.75, 3.05) is 19.8 Å². The van der Waals surface area contributed by atoms with Gasteiger partial charge in [-0.15, -0.1) is 0 Å². The third kappa shape index (κ3) is 5.58. The summed E-state index contributed by atoms with van der Waals surface area (Å²) in [7, 11) is 0. The molecule has 5 heteroatoms. The van der Waals surface area contributed by atoms with E-state index in [4.69, 9.17) is 9.47 Å². The minimum absolute atomic E-state index is 0.0430. The second kappa shape index (κ2) is 9.36. The lowest BCUT2D eigenvalue weighted by atomic mass is 9.99. The van der Waals surface area contributed by atoms with Gasteiger partial charge in [0.2, 0.25) is 0 Å². The summed E-state index contributed by atoms with van der Waals surface area (Å²) in [5.74, 6) is 0.405. The third-order valence-electron chi connectivity index (χ3n) is 4.55. The molecule has 1 aliphatic rings. The lowest BCUT2D eigenvalue weighted by molar-refractivity contribution is -0.0427. The highest BCUT2D eigenvalue weighted by Crippen LogP contribution is 2.19. The van der Waals surface area contributed by atoms with Gasteiger partial charge >= 0.3 is 0 Å². The number of hydrogen-bond donors (Lipinski definition) is 2. The highest BCUT2D eigenvalue weighted by Gasteiger charge is 2.22. The molecule has 138 valence electrons. The lowest BCUT2D eigenvalue weighted by Crippen LogP contribution is -2.38. The monoisotopic (exact) mass is 355 g/mol. The van der Waals surface area contributed by atoms with E-state index in [1.165, 1.54) is 17.7 Å². The number of benzene rings is 2. The number of phenolic OH excluding ortho intramolecular Hbond substituents is 1. The van der Waals surface area contributed by atoms with Crippen LogP contribution in [-0.2, 0) is 16.1 Å². The van der Waals surface area contributed by atoms with Gasteiger partial charge in [0.15, 0.2) is 0 Å². The molecule has 5 nitrogen and oxygen atoms in total. The van der Waals surface area contributed by atoms with Crippen molar-refractivity contribution < 1.29 is 19.4 Å². The number of carbonyl (C=O) groups is 1. The topological polar surface area (TPSA) is 67.8 Å². The summed E-state index contributed by atoms with van der Waals surface area (Å²) >= 11 is 0. The SMILES string of the molecule is O=C(NC[C@@H]1CC[C@@H](COCc2ccccc2)CO1)c1ccc(O)cc1. The van der Waals surface area contributed by atoms with Crippen LogP contribution in [0, 0.1) is 5.92 Å². The van der Waals surface area contributed by atoms with Crippen LogP contribution in [0.5, 0.6) is 5.75 Å². The fourth-order valence-electron chi connectivity index (χ4n) is 2.99. The smallest absolute Gasteiger partial charge is 0.251 e. The second-order valence-electron chi connectivity index (χ2n) is 6.66. The molecule has 2 aromatic rings. The van der Waals surface area contributed by atoms with Crippen LogP contribution >= 0.6 is 0 Å². The molecular weight excluding hydrogens is 330 g/mol. The Morgan fingerprint density at radius 3 is 2.58 bits per heavy atom. The van der Waals surface area contributed by atoms with Crippen molar-refractivity contribution in [3.05, 3.63) is 65.7 Å². The van der Waals surface area contributed by atoms with E-state index >= 15 is 0 Å². The van der Waals surface area contributed by atoms with Crippen LogP contribution < -0.4 is 5.32 Å². The predicted molar refractivity (Wildman–Crippen MR) is 99.0 cm³/mol. The van der Waals surface area contributed by atoms with Gasteiger partial charge in [-0.25, -0.2) is 0 Å². The first-order valence-electron chi connectivity index (χ1n) is 9.01. The third-order valence-corrected chi connectivity index (χ3v) is 4.55. The highest BCUT2D eigenvalue weighted by molar-refractivity contribution is 5.94. The molecule has 3 rings (SSSR count). The van der Waals surface area contributed by atoms with E-state index in [0.717, 1.165) is 12.8 Å². The highest BCUT2D eigenvalue weighted by atomic mass is 16.5. The van der Waals surface area contributed by atoms with Gasteiger partial charge in [0, 0.05) is 18.0 Å². The van der Waals surface area contributed by atoms with Crippen LogP contribution in [0.2, 0.25) is 0 Å². The molecule has 1 aliphatic heterocycles. The van der Waals surface area contributed by atoms with Crippen molar-refractivity contribution in [3.8, 4) is 5.75 Å². The first kappa shape index (κ1) is 18.4. The van der Waals surface area contributed by atoms with Crippen LogP contribution in [0.4, 0.5) is 0 Å². The van der Waals surface area contributed by atoms with E-state index in [1.54, 1.807) is 12.1 Å². The number of hydrogen-bond acceptors (Lipinski definition) is 4. The maximum atomic E-state index is 12.1. The van der Waals surface area contributed by atoms with Gasteiger partial charge in [0.25, 0.3) is 5.91 Å². The van der Waals surface area contributed by atoms with Crippen LogP contribution in [0.25, 0.3) is 0 Å². The molecule has 0 unspecified atom stereocenters. The number of nitrogens with one attached hydrogen (secondary N) is 1. The van der Waals surface area contributed by atoms with Crippen LogP contribution in [0.15, 0.2) is 54.6 Å². The number of rotatable bonds is 7. The molecule has 0 spiro atoms. The fourth-order valence-corrected chi connectivity index (χ4v) is 2.99. The second-order valence-corrected chi connectivity index (χ2v) is 6.66. The molecule has 1 heterocycles. The Morgan fingerprint density at radius 1 is 1.12 bits per heavy atom. The molecule has 0 radical (unpaired) electrons. The fraction of sp³-hybridized carbons (Fsp3) is 0.381. The largest absolute Gasteiger partial charge is 0.508 e. The molecule has 26 heavy (non-hydrogen) atoms. The summed E-state index contributed by atoms with van der Waals surface area (Å²) in [5.41, 5.74) is 1.71. The minimum Gasteiger partial charge on any atom is -0.508 e. The van der Waals surface area contributed by atoms with Gasteiger partial charge in [-0.1, -0.05) is 30.3 Å². The van der Waals surface area contributed by atoms with Gasteiger partial charge in [-0.3, -0.25) is 4.79 Å². The molecule has 0 bridgehead atoms. The summed E-state index contributed by atoms with van der Waals surface area (Å²) in [6.45, 7) is 2.48. The van der Waals surface area contributed by atoms with Crippen molar-refractivity contribution in [3.63, 3.8) is 0 Å². The van der Waals surface area contributed by atoms with E-state index in [9.17, 15) is 9.90 Å². The summed E-state index contributed by atoms with van der Waals surface area (Å²) in [6, 6.07) is 16.4. The zero-order valence-corrected chi connectivity index (χ0v) is 14.8. The van der Waals surface area contributed by atoms with Gasteiger partial charge < -0.3 is 19.9 Å². The first-order chi connectivity index (χ1) is 12.7. The number of ether oxygens (including phenoxy) is 2. The molecule has 2 aromatic carbocycles. The zero-order chi connectivity index (χ0) is 18.2. The normalized spacial score (nSPS) is 19.8. The van der Waals surface area contributed by atoms with Gasteiger partial charge in [-0.05, 0) is 42.7 Å². The van der Waals surface area contributed by atoms with Crippen molar-refractivity contribution in [2.24, 2.45) is 5.92 Å². The number of phenols is 1. The summed E-state index contributed by atoms with van der Waals surface area (Å²) in [6.07, 6.45) is 1.99. The minimum atomic E-state index is -0.151. The Kier molecular flexibility index (Phi) is 6.63.